The number of piperazine rings is 2. The summed E-state index contributed by atoms with van der Waals surface area (Å²) in [7, 11) is 8.95. The Morgan fingerprint density at radius 3 is 1.00 bits per heavy atom. The molecule has 0 aromatic rings. The van der Waals surface area contributed by atoms with E-state index in [4.69, 9.17) is 0 Å². The van der Waals surface area contributed by atoms with Crippen molar-refractivity contribution in [2.75, 3.05) is 54.4 Å². The Balaban J connectivity index is 2.19. The van der Waals surface area contributed by atoms with Crippen molar-refractivity contribution in [3.05, 3.63) is 0 Å². The van der Waals surface area contributed by atoms with Gasteiger partial charge in [-0.3, -0.25) is 19.6 Å². The Labute approximate surface area is 87.1 Å². The summed E-state index contributed by atoms with van der Waals surface area (Å²) in [5.74, 6) is 0. The minimum Gasteiger partial charge on any atom is -0.287 e. The minimum atomic E-state index is 0.562. The maximum atomic E-state index is 2.47. The van der Waals surface area contributed by atoms with Gasteiger partial charge in [-0.15, -0.1) is 0 Å². The molecule has 0 amide bonds. The summed E-state index contributed by atoms with van der Waals surface area (Å²) in [5, 5.41) is 0. The molecule has 2 heterocycles. The molecule has 0 bridgehead atoms. The van der Waals surface area contributed by atoms with E-state index in [-0.39, 0.29) is 0 Å². The van der Waals surface area contributed by atoms with E-state index < -0.39 is 0 Å². The molecule has 0 spiro atoms. The van der Waals surface area contributed by atoms with Crippen LogP contribution in [-0.2, 0) is 0 Å². The monoisotopic (exact) mass is 198 g/mol. The SMILES string of the molecule is CN1CCN(C)[C@H]2[C@@H]1N(C)CCN2C. The molecule has 0 N–H and O–H groups in total. The van der Waals surface area contributed by atoms with Crippen LogP contribution in [0.1, 0.15) is 0 Å². The Hall–Kier alpha value is -0.160. The van der Waals surface area contributed by atoms with E-state index in [2.05, 4.69) is 47.8 Å². The van der Waals surface area contributed by atoms with Gasteiger partial charge in [-0.25, -0.2) is 0 Å². The van der Waals surface area contributed by atoms with Crippen molar-refractivity contribution in [3.63, 3.8) is 0 Å². The van der Waals surface area contributed by atoms with Gasteiger partial charge in [0.05, 0.1) is 12.3 Å². The van der Waals surface area contributed by atoms with E-state index in [0.29, 0.717) is 12.3 Å². The molecule has 2 saturated heterocycles. The number of fused-ring (bicyclic) bond motifs is 1. The van der Waals surface area contributed by atoms with Crippen molar-refractivity contribution in [3.8, 4) is 0 Å². The summed E-state index contributed by atoms with van der Waals surface area (Å²) < 4.78 is 0. The summed E-state index contributed by atoms with van der Waals surface area (Å²) in [6.07, 6.45) is 1.12. The molecule has 2 aliphatic rings. The van der Waals surface area contributed by atoms with Crippen LogP contribution in [0, 0.1) is 0 Å². The van der Waals surface area contributed by atoms with Crippen molar-refractivity contribution in [2.45, 2.75) is 12.3 Å². The maximum absolute atomic E-state index is 2.47. The van der Waals surface area contributed by atoms with Crippen LogP contribution >= 0.6 is 0 Å². The highest BCUT2D eigenvalue weighted by atomic mass is 15.5. The molecular formula is C10H22N4. The fourth-order valence-electron chi connectivity index (χ4n) is 2.74. The van der Waals surface area contributed by atoms with E-state index in [1.165, 1.54) is 26.2 Å². The summed E-state index contributed by atoms with van der Waals surface area (Å²) in [6, 6.07) is 0. The molecule has 0 aromatic carbocycles. The van der Waals surface area contributed by atoms with Gasteiger partial charge in [0.15, 0.2) is 0 Å². The standard InChI is InChI=1S/C10H22N4/c1-11-5-6-13(3)10-9(11)12(2)7-8-14(10)4/h9-10H,5-8H2,1-4H3/t9-,10+. The van der Waals surface area contributed by atoms with Crippen molar-refractivity contribution in [1.29, 1.82) is 0 Å². The molecule has 0 atom stereocenters. The zero-order valence-electron chi connectivity index (χ0n) is 9.77. The zero-order chi connectivity index (χ0) is 10.3. The summed E-state index contributed by atoms with van der Waals surface area (Å²) in [5.41, 5.74) is 0. The first-order valence-corrected chi connectivity index (χ1v) is 5.42. The first-order valence-electron chi connectivity index (χ1n) is 5.42. The van der Waals surface area contributed by atoms with Crippen LogP contribution in [0.4, 0.5) is 0 Å². The van der Waals surface area contributed by atoms with Gasteiger partial charge < -0.3 is 0 Å². The second-order valence-electron chi connectivity index (χ2n) is 4.75. The molecule has 0 saturated carbocycles. The van der Waals surface area contributed by atoms with Crippen LogP contribution in [0.15, 0.2) is 0 Å². The third kappa shape index (κ3) is 1.56. The highest BCUT2D eigenvalue weighted by Gasteiger charge is 2.40. The number of likely N-dealkylation sites (N-methyl/N-ethyl adjacent to an activating group) is 4. The Morgan fingerprint density at radius 2 is 0.786 bits per heavy atom. The summed E-state index contributed by atoms with van der Waals surface area (Å²) in [4.78, 5) is 9.89. The lowest BCUT2D eigenvalue weighted by Gasteiger charge is -2.54. The second-order valence-corrected chi connectivity index (χ2v) is 4.75. The Bertz CT molecular complexity index is 166. The maximum Gasteiger partial charge on any atom is 0.0917 e. The quantitative estimate of drug-likeness (QED) is 0.515. The van der Waals surface area contributed by atoms with Crippen LogP contribution in [-0.4, -0.2) is 86.3 Å². The van der Waals surface area contributed by atoms with Crippen molar-refractivity contribution in [2.24, 2.45) is 0 Å². The van der Waals surface area contributed by atoms with Crippen LogP contribution in [0.3, 0.4) is 0 Å². The van der Waals surface area contributed by atoms with Gasteiger partial charge in [0.1, 0.15) is 0 Å². The van der Waals surface area contributed by atoms with Crippen LogP contribution in [0.5, 0.6) is 0 Å². The first-order chi connectivity index (χ1) is 6.61. The molecule has 4 nitrogen and oxygen atoms in total. The van der Waals surface area contributed by atoms with Gasteiger partial charge in [0.25, 0.3) is 0 Å². The molecule has 0 unspecified atom stereocenters. The molecular weight excluding hydrogens is 176 g/mol. The summed E-state index contributed by atoms with van der Waals surface area (Å²) >= 11 is 0. The Morgan fingerprint density at radius 1 is 0.571 bits per heavy atom. The fraction of sp³-hybridized carbons (Fsp3) is 1.00. The topological polar surface area (TPSA) is 13.0 Å². The number of hydrogen-bond acceptors (Lipinski definition) is 4. The van der Waals surface area contributed by atoms with Gasteiger partial charge in [0.2, 0.25) is 0 Å². The predicted octanol–water partition coefficient (Wildman–Crippen LogP) is -0.607. The molecule has 2 aliphatic heterocycles. The molecule has 2 fully saturated rings. The zero-order valence-corrected chi connectivity index (χ0v) is 9.77. The highest BCUT2D eigenvalue weighted by Crippen LogP contribution is 2.22. The van der Waals surface area contributed by atoms with E-state index in [1.54, 1.807) is 0 Å². The number of rotatable bonds is 0. The van der Waals surface area contributed by atoms with E-state index >= 15 is 0 Å². The molecule has 0 aromatic heterocycles. The molecule has 82 valence electrons. The van der Waals surface area contributed by atoms with Crippen molar-refractivity contribution in [1.82, 2.24) is 19.6 Å². The third-order valence-corrected chi connectivity index (χ3v) is 3.68. The van der Waals surface area contributed by atoms with E-state index in [9.17, 15) is 0 Å². The van der Waals surface area contributed by atoms with Gasteiger partial charge in [-0.2, -0.15) is 0 Å². The van der Waals surface area contributed by atoms with Gasteiger partial charge in [-0.1, -0.05) is 0 Å². The number of nitrogens with zero attached hydrogens (tertiary/aromatic N) is 4. The van der Waals surface area contributed by atoms with Crippen molar-refractivity contribution < 1.29 is 0 Å². The molecule has 0 radical (unpaired) electrons. The van der Waals surface area contributed by atoms with E-state index in [0.717, 1.165) is 0 Å². The lowest BCUT2D eigenvalue weighted by atomic mass is 10.1. The molecule has 14 heavy (non-hydrogen) atoms. The van der Waals surface area contributed by atoms with Gasteiger partial charge >= 0.3 is 0 Å². The van der Waals surface area contributed by atoms with Crippen LogP contribution in [0.25, 0.3) is 0 Å². The van der Waals surface area contributed by atoms with Gasteiger partial charge in [0, 0.05) is 26.2 Å². The van der Waals surface area contributed by atoms with Crippen LogP contribution in [0.2, 0.25) is 0 Å². The largest absolute Gasteiger partial charge is 0.287 e. The smallest absolute Gasteiger partial charge is 0.0917 e. The lowest BCUT2D eigenvalue weighted by molar-refractivity contribution is -0.120. The fourth-order valence-corrected chi connectivity index (χ4v) is 2.74. The minimum absolute atomic E-state index is 0.562. The average Bonchev–Trinajstić information content (AvgIpc) is 2.16. The summed E-state index contributed by atoms with van der Waals surface area (Å²) in [6.45, 7) is 4.71. The normalized spacial score (nSPS) is 38.6. The third-order valence-electron chi connectivity index (χ3n) is 3.68. The number of hydrogen-bond donors (Lipinski definition) is 0. The highest BCUT2D eigenvalue weighted by molar-refractivity contribution is 4.90. The average molecular weight is 198 g/mol. The van der Waals surface area contributed by atoms with Gasteiger partial charge in [-0.05, 0) is 28.2 Å². The molecule has 2 rings (SSSR count). The predicted molar refractivity (Wildman–Crippen MR) is 58.1 cm³/mol. The Kier molecular flexibility index (Phi) is 2.79. The molecule has 0 aliphatic carbocycles. The first kappa shape index (κ1) is 10.4. The molecule has 4 heteroatoms. The van der Waals surface area contributed by atoms with Crippen molar-refractivity contribution >= 4 is 0 Å². The second kappa shape index (κ2) is 3.77. The van der Waals surface area contributed by atoms with E-state index in [1.807, 2.05) is 0 Å². The van der Waals surface area contributed by atoms with Crippen LogP contribution < -0.4 is 0 Å². The lowest BCUT2D eigenvalue weighted by Crippen LogP contribution is -2.71.